The van der Waals surface area contributed by atoms with E-state index in [1.54, 1.807) is 12.5 Å². The predicted molar refractivity (Wildman–Crippen MR) is 39.0 cm³/mol. The number of hydrogen-bond donors (Lipinski definition) is 0. The van der Waals surface area contributed by atoms with E-state index in [4.69, 9.17) is 4.42 Å². The molecule has 0 amide bonds. The van der Waals surface area contributed by atoms with Crippen LogP contribution in [0.4, 0.5) is 0 Å². The first-order valence-electron chi connectivity index (χ1n) is 3.50. The zero-order chi connectivity index (χ0) is 7.94. The molecule has 1 aromatic heterocycles. The van der Waals surface area contributed by atoms with Crippen LogP contribution in [-0.2, 0) is 16.0 Å². The second kappa shape index (κ2) is 4.55. The molecule has 0 spiro atoms. The van der Waals surface area contributed by atoms with Gasteiger partial charge in [-0.1, -0.05) is 0 Å². The summed E-state index contributed by atoms with van der Waals surface area (Å²) in [6, 6.07) is 1.90. The summed E-state index contributed by atoms with van der Waals surface area (Å²) in [6.45, 7) is 0.948. The summed E-state index contributed by atoms with van der Waals surface area (Å²) < 4.78 is 9.38. The summed E-state index contributed by atoms with van der Waals surface area (Å²) in [5.74, 6) is 0. The van der Waals surface area contributed by atoms with Gasteiger partial charge in [0.05, 0.1) is 19.1 Å². The van der Waals surface area contributed by atoms with Gasteiger partial charge < -0.3 is 9.15 Å². The van der Waals surface area contributed by atoms with Gasteiger partial charge in [-0.25, -0.2) is 0 Å². The van der Waals surface area contributed by atoms with Crippen LogP contribution in [0.3, 0.4) is 0 Å². The van der Waals surface area contributed by atoms with E-state index in [1.807, 2.05) is 6.07 Å². The molecule has 0 aromatic carbocycles. The largest absolute Gasteiger partial charge is 0.472 e. The fourth-order valence-corrected chi connectivity index (χ4v) is 0.843. The molecule has 0 N–H and O–H groups in total. The molecule has 0 atom stereocenters. The van der Waals surface area contributed by atoms with Crippen LogP contribution in [0.25, 0.3) is 0 Å². The Bertz CT molecular complexity index is 191. The van der Waals surface area contributed by atoms with Crippen LogP contribution in [0.1, 0.15) is 12.0 Å². The first-order chi connectivity index (χ1) is 5.43. The van der Waals surface area contributed by atoms with Crippen LogP contribution in [0, 0.1) is 0 Å². The Labute approximate surface area is 65.0 Å². The monoisotopic (exact) mass is 154 g/mol. The summed E-state index contributed by atoms with van der Waals surface area (Å²) in [7, 11) is 0. The minimum Gasteiger partial charge on any atom is -0.472 e. The minimum absolute atomic E-state index is 0.468. The second-order valence-electron chi connectivity index (χ2n) is 2.20. The van der Waals surface area contributed by atoms with Gasteiger partial charge in [0.1, 0.15) is 0 Å². The highest BCUT2D eigenvalue weighted by atomic mass is 16.5. The van der Waals surface area contributed by atoms with Crippen LogP contribution in [0.15, 0.2) is 23.0 Å². The Kier molecular flexibility index (Phi) is 3.25. The molecule has 0 saturated heterocycles. The van der Waals surface area contributed by atoms with Crippen molar-refractivity contribution < 1.29 is 13.9 Å². The summed E-state index contributed by atoms with van der Waals surface area (Å²) in [5.41, 5.74) is 1.14. The quantitative estimate of drug-likeness (QED) is 0.475. The van der Waals surface area contributed by atoms with Crippen LogP contribution < -0.4 is 0 Å². The van der Waals surface area contributed by atoms with E-state index in [1.165, 1.54) is 0 Å². The lowest BCUT2D eigenvalue weighted by atomic mass is 10.2. The molecular formula is C8H10O3. The average molecular weight is 154 g/mol. The molecule has 0 bridgehead atoms. The van der Waals surface area contributed by atoms with Crippen molar-refractivity contribution >= 4 is 6.47 Å². The summed E-state index contributed by atoms with van der Waals surface area (Å²) in [4.78, 5) is 9.73. The molecule has 0 fully saturated rings. The highest BCUT2D eigenvalue weighted by Crippen LogP contribution is 2.02. The van der Waals surface area contributed by atoms with Crippen molar-refractivity contribution in [2.75, 3.05) is 6.61 Å². The molecule has 3 nitrogen and oxygen atoms in total. The fourth-order valence-electron chi connectivity index (χ4n) is 0.843. The van der Waals surface area contributed by atoms with Gasteiger partial charge in [0.2, 0.25) is 0 Å². The van der Waals surface area contributed by atoms with E-state index in [0.29, 0.717) is 13.1 Å². The van der Waals surface area contributed by atoms with Gasteiger partial charge in [-0.15, -0.1) is 0 Å². The van der Waals surface area contributed by atoms with Crippen LogP contribution in [0.2, 0.25) is 0 Å². The molecule has 0 aliphatic heterocycles. The third kappa shape index (κ3) is 2.89. The van der Waals surface area contributed by atoms with E-state index < -0.39 is 0 Å². The number of hydrogen-bond acceptors (Lipinski definition) is 3. The Morgan fingerprint density at radius 2 is 2.55 bits per heavy atom. The third-order valence-electron chi connectivity index (χ3n) is 1.38. The van der Waals surface area contributed by atoms with Crippen molar-refractivity contribution in [3.8, 4) is 0 Å². The molecule has 60 valence electrons. The standard InChI is InChI=1S/C8H10O3/c9-7-11-4-1-2-8-3-5-10-6-8/h3,5-7H,1-2,4H2. The van der Waals surface area contributed by atoms with E-state index in [2.05, 4.69) is 4.74 Å². The first kappa shape index (κ1) is 7.85. The number of carbonyl (C=O) groups is 1. The van der Waals surface area contributed by atoms with Gasteiger partial charge in [0, 0.05) is 0 Å². The van der Waals surface area contributed by atoms with Gasteiger partial charge in [-0.3, -0.25) is 4.79 Å². The maximum Gasteiger partial charge on any atom is 0.293 e. The molecule has 3 heteroatoms. The topological polar surface area (TPSA) is 39.4 Å². The van der Waals surface area contributed by atoms with E-state index in [9.17, 15) is 4.79 Å². The van der Waals surface area contributed by atoms with Crippen molar-refractivity contribution in [3.63, 3.8) is 0 Å². The molecule has 0 unspecified atom stereocenters. The van der Waals surface area contributed by atoms with Crippen molar-refractivity contribution in [1.82, 2.24) is 0 Å². The van der Waals surface area contributed by atoms with E-state index >= 15 is 0 Å². The van der Waals surface area contributed by atoms with Gasteiger partial charge in [0.25, 0.3) is 6.47 Å². The maximum atomic E-state index is 9.73. The average Bonchev–Trinajstić information content (AvgIpc) is 2.50. The van der Waals surface area contributed by atoms with E-state index in [0.717, 1.165) is 18.4 Å². The Balaban J connectivity index is 2.09. The molecule has 1 aromatic rings. The molecule has 0 aliphatic rings. The molecule has 0 radical (unpaired) electrons. The van der Waals surface area contributed by atoms with Crippen molar-refractivity contribution in [3.05, 3.63) is 24.2 Å². The number of aryl methyl sites for hydroxylation is 1. The second-order valence-corrected chi connectivity index (χ2v) is 2.20. The van der Waals surface area contributed by atoms with Crippen molar-refractivity contribution in [2.24, 2.45) is 0 Å². The van der Waals surface area contributed by atoms with Crippen LogP contribution in [-0.4, -0.2) is 13.1 Å². The SMILES string of the molecule is O=COCCCc1ccoc1. The minimum atomic E-state index is 0.468. The van der Waals surface area contributed by atoms with Crippen LogP contribution in [0.5, 0.6) is 0 Å². The van der Waals surface area contributed by atoms with Crippen molar-refractivity contribution in [1.29, 1.82) is 0 Å². The van der Waals surface area contributed by atoms with Gasteiger partial charge in [-0.05, 0) is 24.5 Å². The fraction of sp³-hybridized carbons (Fsp3) is 0.375. The lowest BCUT2D eigenvalue weighted by Crippen LogP contribution is -1.93. The predicted octanol–water partition coefficient (Wildman–Crippen LogP) is 1.39. The summed E-state index contributed by atoms with van der Waals surface area (Å²) in [6.07, 6.45) is 5.07. The lowest BCUT2D eigenvalue weighted by molar-refractivity contribution is -0.128. The molecule has 11 heavy (non-hydrogen) atoms. The van der Waals surface area contributed by atoms with Crippen molar-refractivity contribution in [2.45, 2.75) is 12.8 Å². The Morgan fingerprint density at radius 3 is 3.18 bits per heavy atom. The highest BCUT2D eigenvalue weighted by Gasteiger charge is 1.93. The summed E-state index contributed by atoms with van der Waals surface area (Å²) in [5, 5.41) is 0. The third-order valence-corrected chi connectivity index (χ3v) is 1.38. The number of furan rings is 1. The molecule has 0 aliphatic carbocycles. The Hall–Kier alpha value is -1.25. The highest BCUT2D eigenvalue weighted by molar-refractivity contribution is 5.36. The van der Waals surface area contributed by atoms with Crippen LogP contribution >= 0.6 is 0 Å². The smallest absolute Gasteiger partial charge is 0.293 e. The number of ether oxygens (including phenoxy) is 1. The zero-order valence-corrected chi connectivity index (χ0v) is 6.16. The molecule has 1 rings (SSSR count). The number of rotatable bonds is 5. The first-order valence-corrected chi connectivity index (χ1v) is 3.50. The van der Waals surface area contributed by atoms with Gasteiger partial charge in [0.15, 0.2) is 0 Å². The molecular weight excluding hydrogens is 144 g/mol. The molecule has 1 heterocycles. The number of carbonyl (C=O) groups excluding carboxylic acids is 1. The maximum absolute atomic E-state index is 9.73. The zero-order valence-electron chi connectivity index (χ0n) is 6.16. The van der Waals surface area contributed by atoms with Gasteiger partial charge >= 0.3 is 0 Å². The summed E-state index contributed by atoms with van der Waals surface area (Å²) >= 11 is 0. The van der Waals surface area contributed by atoms with E-state index in [-0.39, 0.29) is 0 Å². The normalized spacial score (nSPS) is 9.45. The molecule has 0 saturated carbocycles. The lowest BCUT2D eigenvalue weighted by Gasteiger charge is -1.95. The Morgan fingerprint density at radius 1 is 1.64 bits per heavy atom. The van der Waals surface area contributed by atoms with Gasteiger partial charge in [-0.2, -0.15) is 0 Å².